The predicted octanol–water partition coefficient (Wildman–Crippen LogP) is 9.32. The lowest BCUT2D eigenvalue weighted by Crippen LogP contribution is -1.98. The van der Waals surface area contributed by atoms with Gasteiger partial charge in [-0.3, -0.25) is 9.55 Å². The highest BCUT2D eigenvalue weighted by atomic mass is 16.3. The Morgan fingerprint density at radius 1 is 0.525 bits per heavy atom. The molecule has 4 heterocycles. The van der Waals surface area contributed by atoms with Gasteiger partial charge in [-0.15, -0.1) is 0 Å². The van der Waals surface area contributed by atoms with Gasteiger partial charge in [0.05, 0.1) is 27.8 Å². The molecule has 0 atom stereocenters. The van der Waals surface area contributed by atoms with Crippen LogP contribution in [0.1, 0.15) is 0 Å². The summed E-state index contributed by atoms with van der Waals surface area (Å²) in [5.74, 6) is 1.72. The highest BCUT2D eigenvalue weighted by Gasteiger charge is 2.23. The van der Waals surface area contributed by atoms with Crippen molar-refractivity contribution in [3.8, 4) is 39.7 Å². The van der Waals surface area contributed by atoms with E-state index in [1.807, 2.05) is 42.5 Å². The van der Waals surface area contributed by atoms with Crippen molar-refractivity contribution in [2.75, 3.05) is 0 Å². The van der Waals surface area contributed by atoms with E-state index < -0.39 is 0 Å². The monoisotopic (exact) mass is 513 g/mol. The molecule has 0 fully saturated rings. The van der Waals surface area contributed by atoms with Crippen LogP contribution in [0.5, 0.6) is 0 Å². The quantitative estimate of drug-likeness (QED) is 0.235. The van der Waals surface area contributed by atoms with Crippen LogP contribution in [-0.2, 0) is 0 Å². The van der Waals surface area contributed by atoms with Crippen LogP contribution in [-0.4, -0.2) is 14.5 Å². The van der Waals surface area contributed by atoms with E-state index in [2.05, 4.69) is 101 Å². The molecule has 0 aliphatic carbocycles. The summed E-state index contributed by atoms with van der Waals surface area (Å²) >= 11 is 0. The molecule has 4 aromatic carbocycles. The molecule has 0 aliphatic heterocycles. The van der Waals surface area contributed by atoms with Crippen LogP contribution in [0, 0.1) is 0 Å². The standard InChI is InChI=1S/C36H23N3O/c1-3-12-24(13-4-1)33-27-21-22-31-34(36(27)40-35(33)25-14-5-2-6-15-25)26-16-7-8-19-30(26)39(31)32-20-11-18-29(38-32)28-17-9-10-23-37-28/h1-23H. The summed E-state index contributed by atoms with van der Waals surface area (Å²) in [6, 6.07) is 45.7. The minimum Gasteiger partial charge on any atom is -0.455 e. The van der Waals surface area contributed by atoms with Crippen molar-refractivity contribution in [1.29, 1.82) is 0 Å². The molecule has 4 aromatic heterocycles. The summed E-state index contributed by atoms with van der Waals surface area (Å²) in [6.07, 6.45) is 1.80. The Labute approximate surface area is 230 Å². The van der Waals surface area contributed by atoms with Gasteiger partial charge < -0.3 is 4.42 Å². The predicted molar refractivity (Wildman–Crippen MR) is 162 cm³/mol. The Balaban J connectivity index is 1.46. The minimum absolute atomic E-state index is 0.834. The fourth-order valence-electron chi connectivity index (χ4n) is 5.74. The average molecular weight is 514 g/mol. The Hall–Kier alpha value is -5.48. The first kappa shape index (κ1) is 22.5. The van der Waals surface area contributed by atoms with E-state index in [1.54, 1.807) is 6.20 Å². The van der Waals surface area contributed by atoms with Crippen LogP contribution >= 0.6 is 0 Å². The first-order valence-electron chi connectivity index (χ1n) is 13.4. The van der Waals surface area contributed by atoms with E-state index in [0.717, 1.165) is 72.4 Å². The van der Waals surface area contributed by atoms with Crippen molar-refractivity contribution >= 4 is 32.8 Å². The number of hydrogen-bond donors (Lipinski definition) is 0. The molecule has 0 aliphatic rings. The molecule has 0 N–H and O–H groups in total. The zero-order valence-electron chi connectivity index (χ0n) is 21.5. The second kappa shape index (κ2) is 9.07. The summed E-state index contributed by atoms with van der Waals surface area (Å²) in [7, 11) is 0. The molecular formula is C36H23N3O. The third-order valence-electron chi connectivity index (χ3n) is 7.48. The lowest BCUT2D eigenvalue weighted by molar-refractivity contribution is 0.636. The fourth-order valence-corrected chi connectivity index (χ4v) is 5.74. The van der Waals surface area contributed by atoms with Crippen molar-refractivity contribution in [3.05, 3.63) is 140 Å². The van der Waals surface area contributed by atoms with E-state index in [4.69, 9.17) is 9.40 Å². The zero-order valence-corrected chi connectivity index (χ0v) is 21.5. The lowest BCUT2D eigenvalue weighted by atomic mass is 9.98. The summed E-state index contributed by atoms with van der Waals surface area (Å²) in [6.45, 7) is 0. The molecule has 4 nitrogen and oxygen atoms in total. The number of nitrogens with zero attached hydrogens (tertiary/aromatic N) is 3. The van der Waals surface area contributed by atoms with Crippen molar-refractivity contribution in [1.82, 2.24) is 14.5 Å². The van der Waals surface area contributed by atoms with Gasteiger partial charge in [-0.05, 0) is 48.0 Å². The maximum absolute atomic E-state index is 6.86. The van der Waals surface area contributed by atoms with Gasteiger partial charge in [-0.1, -0.05) is 91.0 Å². The average Bonchev–Trinajstić information content (AvgIpc) is 3.59. The highest BCUT2D eigenvalue weighted by Crippen LogP contribution is 2.45. The van der Waals surface area contributed by atoms with Gasteiger partial charge in [0.1, 0.15) is 17.2 Å². The highest BCUT2D eigenvalue weighted by molar-refractivity contribution is 6.22. The molecule has 40 heavy (non-hydrogen) atoms. The number of fused-ring (bicyclic) bond motifs is 5. The number of furan rings is 1. The molecule has 0 spiro atoms. The van der Waals surface area contributed by atoms with Crippen LogP contribution in [0.4, 0.5) is 0 Å². The topological polar surface area (TPSA) is 43.9 Å². The van der Waals surface area contributed by atoms with Crippen LogP contribution in [0.15, 0.2) is 144 Å². The second-order valence-electron chi connectivity index (χ2n) is 9.82. The maximum atomic E-state index is 6.86. The largest absolute Gasteiger partial charge is 0.455 e. The number of para-hydroxylation sites is 1. The van der Waals surface area contributed by atoms with E-state index in [9.17, 15) is 0 Å². The summed E-state index contributed by atoms with van der Waals surface area (Å²) < 4.78 is 9.09. The van der Waals surface area contributed by atoms with E-state index in [0.29, 0.717) is 0 Å². The van der Waals surface area contributed by atoms with Crippen LogP contribution < -0.4 is 0 Å². The molecule has 0 amide bonds. The number of hydrogen-bond acceptors (Lipinski definition) is 3. The number of rotatable bonds is 4. The normalized spacial score (nSPS) is 11.5. The number of benzene rings is 4. The molecule has 0 unspecified atom stereocenters. The molecule has 4 heteroatoms. The van der Waals surface area contributed by atoms with E-state index >= 15 is 0 Å². The molecule has 0 saturated heterocycles. The van der Waals surface area contributed by atoms with Crippen LogP contribution in [0.3, 0.4) is 0 Å². The molecule has 0 radical (unpaired) electrons. The Bertz CT molecular complexity index is 2140. The third-order valence-corrected chi connectivity index (χ3v) is 7.48. The zero-order chi connectivity index (χ0) is 26.5. The molecule has 188 valence electrons. The van der Waals surface area contributed by atoms with Crippen molar-refractivity contribution in [2.45, 2.75) is 0 Å². The first-order chi connectivity index (χ1) is 19.9. The molecule has 8 rings (SSSR count). The van der Waals surface area contributed by atoms with Crippen molar-refractivity contribution < 1.29 is 4.42 Å². The summed E-state index contributed by atoms with van der Waals surface area (Å²) in [5, 5.41) is 3.30. The molecule has 0 bridgehead atoms. The third kappa shape index (κ3) is 3.47. The van der Waals surface area contributed by atoms with Gasteiger partial charge in [0.15, 0.2) is 0 Å². The van der Waals surface area contributed by atoms with Gasteiger partial charge >= 0.3 is 0 Å². The van der Waals surface area contributed by atoms with Crippen molar-refractivity contribution in [2.24, 2.45) is 0 Å². The van der Waals surface area contributed by atoms with Crippen LogP contribution in [0.2, 0.25) is 0 Å². The molecule has 8 aromatic rings. The Kier molecular flexibility index (Phi) is 5.10. The van der Waals surface area contributed by atoms with Gasteiger partial charge in [0.2, 0.25) is 0 Å². The van der Waals surface area contributed by atoms with Gasteiger partial charge in [0.25, 0.3) is 0 Å². The SMILES string of the molecule is c1ccc(-c2oc3c(ccc4c3c3ccccc3n4-c3cccc(-c4ccccn4)n3)c2-c2ccccc2)cc1. The van der Waals surface area contributed by atoms with Crippen molar-refractivity contribution in [3.63, 3.8) is 0 Å². The number of pyridine rings is 2. The van der Waals surface area contributed by atoms with Gasteiger partial charge in [-0.2, -0.15) is 0 Å². The number of aromatic nitrogens is 3. The lowest BCUT2D eigenvalue weighted by Gasteiger charge is -2.09. The first-order valence-corrected chi connectivity index (χ1v) is 13.4. The van der Waals surface area contributed by atoms with E-state index in [-0.39, 0.29) is 0 Å². The second-order valence-corrected chi connectivity index (χ2v) is 9.82. The Morgan fingerprint density at radius 3 is 2.05 bits per heavy atom. The summed E-state index contributed by atoms with van der Waals surface area (Å²) in [5.41, 5.74) is 7.98. The maximum Gasteiger partial charge on any atom is 0.145 e. The van der Waals surface area contributed by atoms with Crippen LogP contribution in [0.25, 0.3) is 72.4 Å². The smallest absolute Gasteiger partial charge is 0.145 e. The van der Waals surface area contributed by atoms with Gasteiger partial charge in [-0.25, -0.2) is 4.98 Å². The van der Waals surface area contributed by atoms with E-state index in [1.165, 1.54) is 0 Å². The summed E-state index contributed by atoms with van der Waals surface area (Å²) in [4.78, 5) is 9.57. The van der Waals surface area contributed by atoms with Gasteiger partial charge in [0, 0.05) is 28.1 Å². The minimum atomic E-state index is 0.834. The fraction of sp³-hybridized carbons (Fsp3) is 0. The molecule has 0 saturated carbocycles. The molecular weight excluding hydrogens is 490 g/mol. The Morgan fingerprint density at radius 2 is 1.25 bits per heavy atom.